The Hall–Kier alpha value is -2.67. The molecule has 0 saturated carbocycles. The zero-order valence-electron chi connectivity index (χ0n) is 19.4. The molecule has 1 aromatic carbocycles. The molecule has 176 valence electrons. The lowest BCUT2D eigenvalue weighted by Gasteiger charge is -2.29. The summed E-state index contributed by atoms with van der Waals surface area (Å²) in [5.74, 6) is 0.0122. The first-order chi connectivity index (χ1) is 15.5. The van der Waals surface area contributed by atoms with Crippen molar-refractivity contribution in [2.24, 2.45) is 5.92 Å². The molecule has 0 aliphatic carbocycles. The Balaban J connectivity index is 2.17. The van der Waals surface area contributed by atoms with E-state index in [0.717, 1.165) is 31.2 Å². The molecule has 0 spiro atoms. The van der Waals surface area contributed by atoms with Gasteiger partial charge < -0.3 is 19.0 Å². The van der Waals surface area contributed by atoms with Gasteiger partial charge in [-0.2, -0.15) is 0 Å². The molecular weight excluding hydrogens is 411 g/mol. The molecule has 0 bridgehead atoms. The predicted octanol–water partition coefficient (Wildman–Crippen LogP) is 4.64. The van der Waals surface area contributed by atoms with Gasteiger partial charge >= 0.3 is 0 Å². The van der Waals surface area contributed by atoms with Gasteiger partial charge in [0.25, 0.3) is 0 Å². The van der Waals surface area contributed by atoms with Gasteiger partial charge in [0.2, 0.25) is 11.8 Å². The number of halogens is 1. The first-order valence-electron chi connectivity index (χ1n) is 11.3. The zero-order chi connectivity index (χ0) is 23.3. The summed E-state index contributed by atoms with van der Waals surface area (Å²) in [5, 5.41) is 0. The summed E-state index contributed by atoms with van der Waals surface area (Å²) in [6.07, 6.45) is 5.11. The Kier molecular flexibility index (Phi) is 10.9. The fourth-order valence-electron chi connectivity index (χ4n) is 3.58. The quantitative estimate of drug-likeness (QED) is 0.424. The van der Waals surface area contributed by atoms with Crippen LogP contribution in [0.5, 0.6) is 0 Å². The van der Waals surface area contributed by atoms with Crippen LogP contribution in [0.4, 0.5) is 4.39 Å². The van der Waals surface area contributed by atoms with Crippen LogP contribution in [0.1, 0.15) is 50.9 Å². The summed E-state index contributed by atoms with van der Waals surface area (Å²) in [5.41, 5.74) is 0.801. The van der Waals surface area contributed by atoms with Gasteiger partial charge in [-0.15, -0.1) is 0 Å². The zero-order valence-corrected chi connectivity index (χ0v) is 19.4. The molecule has 6 nitrogen and oxygen atoms in total. The maximum atomic E-state index is 13.3. The molecule has 0 N–H and O–H groups in total. The maximum absolute atomic E-state index is 13.3. The Morgan fingerprint density at radius 3 is 2.44 bits per heavy atom. The predicted molar refractivity (Wildman–Crippen MR) is 121 cm³/mol. The minimum atomic E-state index is -0.327. The van der Waals surface area contributed by atoms with Crippen LogP contribution >= 0.6 is 0 Å². The number of carbonyl (C=O) groups is 2. The van der Waals surface area contributed by atoms with Gasteiger partial charge in [-0.25, -0.2) is 4.39 Å². The first-order valence-corrected chi connectivity index (χ1v) is 11.3. The second-order valence-electron chi connectivity index (χ2n) is 7.96. The van der Waals surface area contributed by atoms with Gasteiger partial charge in [-0.1, -0.05) is 38.8 Å². The van der Waals surface area contributed by atoms with Crippen molar-refractivity contribution in [2.75, 3.05) is 26.8 Å². The molecule has 1 atom stereocenters. The Morgan fingerprint density at radius 1 is 1.09 bits per heavy atom. The molecule has 2 aromatic rings. The Morgan fingerprint density at radius 2 is 1.84 bits per heavy atom. The van der Waals surface area contributed by atoms with Gasteiger partial charge in [0.1, 0.15) is 11.6 Å². The Labute approximate surface area is 190 Å². The monoisotopic (exact) mass is 446 g/mol. The van der Waals surface area contributed by atoms with E-state index in [1.165, 1.54) is 12.1 Å². The second-order valence-corrected chi connectivity index (χ2v) is 7.96. The van der Waals surface area contributed by atoms with E-state index in [2.05, 4.69) is 6.92 Å². The average molecular weight is 447 g/mol. The summed E-state index contributed by atoms with van der Waals surface area (Å²) in [6.45, 7) is 5.35. The molecule has 0 saturated heterocycles. The van der Waals surface area contributed by atoms with Crippen molar-refractivity contribution in [3.63, 3.8) is 0 Å². The molecule has 7 heteroatoms. The van der Waals surface area contributed by atoms with E-state index in [4.69, 9.17) is 9.15 Å². The number of carbonyl (C=O) groups excluding carboxylic acids is 2. The largest absolute Gasteiger partial charge is 0.467 e. The average Bonchev–Trinajstić information content (AvgIpc) is 3.31. The number of hydrogen-bond donors (Lipinski definition) is 0. The van der Waals surface area contributed by atoms with Crippen LogP contribution in [0.2, 0.25) is 0 Å². The number of methoxy groups -OCH3 is 1. The van der Waals surface area contributed by atoms with Crippen molar-refractivity contribution in [1.29, 1.82) is 0 Å². The molecular formula is C25H35FN2O4. The van der Waals surface area contributed by atoms with Gasteiger partial charge in [-0.05, 0) is 42.7 Å². The number of rotatable bonds is 14. The normalized spacial score (nSPS) is 11.9. The molecule has 1 heterocycles. The summed E-state index contributed by atoms with van der Waals surface area (Å²) in [6, 6.07) is 9.63. The second kappa shape index (κ2) is 13.7. The Bertz CT molecular complexity index is 808. The van der Waals surface area contributed by atoms with E-state index >= 15 is 0 Å². The standard InChI is InChI=1S/C25H35FN2O4/c1-4-6-8-21(5-2)25(30)27(14-16-31-3)19-24(29)28(18-23-9-7-15-32-23)17-20-10-12-22(26)13-11-20/h7,9-13,15,21H,4-6,8,14,16-19H2,1-3H3. The summed E-state index contributed by atoms with van der Waals surface area (Å²) < 4.78 is 23.9. The van der Waals surface area contributed by atoms with Crippen LogP contribution < -0.4 is 0 Å². The topological polar surface area (TPSA) is 63.0 Å². The number of ether oxygens (including phenoxy) is 1. The van der Waals surface area contributed by atoms with Crippen LogP contribution in [-0.2, 0) is 27.4 Å². The SMILES string of the molecule is CCCCC(CC)C(=O)N(CCOC)CC(=O)N(Cc1ccc(F)cc1)Cc1ccco1. The lowest BCUT2D eigenvalue weighted by Crippen LogP contribution is -2.45. The van der Waals surface area contributed by atoms with Crippen molar-refractivity contribution in [3.05, 3.63) is 59.8 Å². The van der Waals surface area contributed by atoms with E-state index in [1.54, 1.807) is 47.4 Å². The van der Waals surface area contributed by atoms with Crippen molar-refractivity contribution >= 4 is 11.8 Å². The van der Waals surface area contributed by atoms with Crippen LogP contribution in [0.3, 0.4) is 0 Å². The fourth-order valence-corrected chi connectivity index (χ4v) is 3.58. The van der Waals surface area contributed by atoms with Crippen molar-refractivity contribution in [2.45, 2.75) is 52.6 Å². The third-order valence-corrected chi connectivity index (χ3v) is 5.52. The van der Waals surface area contributed by atoms with E-state index in [0.29, 0.717) is 25.5 Å². The van der Waals surface area contributed by atoms with Crippen molar-refractivity contribution in [3.8, 4) is 0 Å². The van der Waals surface area contributed by atoms with Gasteiger partial charge in [0.15, 0.2) is 0 Å². The van der Waals surface area contributed by atoms with Gasteiger partial charge in [-0.3, -0.25) is 9.59 Å². The van der Waals surface area contributed by atoms with E-state index in [9.17, 15) is 14.0 Å². The molecule has 0 fully saturated rings. The van der Waals surface area contributed by atoms with Gasteiger partial charge in [0.05, 0.1) is 26.0 Å². The number of nitrogens with zero attached hydrogens (tertiary/aromatic N) is 2. The lowest BCUT2D eigenvalue weighted by atomic mass is 9.97. The smallest absolute Gasteiger partial charge is 0.242 e. The lowest BCUT2D eigenvalue weighted by molar-refractivity contribution is -0.144. The molecule has 2 rings (SSSR count). The molecule has 1 unspecified atom stereocenters. The molecule has 0 radical (unpaired) electrons. The third kappa shape index (κ3) is 8.11. The van der Waals surface area contributed by atoms with Crippen LogP contribution in [0, 0.1) is 11.7 Å². The highest BCUT2D eigenvalue weighted by molar-refractivity contribution is 5.86. The minimum Gasteiger partial charge on any atom is -0.467 e. The van der Waals surface area contributed by atoms with E-state index in [-0.39, 0.29) is 36.6 Å². The summed E-state index contributed by atoms with van der Waals surface area (Å²) >= 11 is 0. The summed E-state index contributed by atoms with van der Waals surface area (Å²) in [4.78, 5) is 29.8. The number of furan rings is 1. The molecule has 32 heavy (non-hydrogen) atoms. The first kappa shape index (κ1) is 25.6. The van der Waals surface area contributed by atoms with Crippen LogP contribution in [-0.4, -0.2) is 48.4 Å². The summed E-state index contributed by atoms with van der Waals surface area (Å²) in [7, 11) is 1.58. The highest BCUT2D eigenvalue weighted by Crippen LogP contribution is 2.17. The maximum Gasteiger partial charge on any atom is 0.242 e. The third-order valence-electron chi connectivity index (χ3n) is 5.52. The highest BCUT2D eigenvalue weighted by atomic mass is 19.1. The van der Waals surface area contributed by atoms with E-state index in [1.807, 2.05) is 6.92 Å². The number of amides is 2. The van der Waals surface area contributed by atoms with Crippen molar-refractivity contribution in [1.82, 2.24) is 9.80 Å². The molecule has 2 amide bonds. The number of benzene rings is 1. The molecule has 0 aliphatic rings. The number of unbranched alkanes of at least 4 members (excludes halogenated alkanes) is 1. The van der Waals surface area contributed by atoms with Crippen LogP contribution in [0.15, 0.2) is 47.1 Å². The number of hydrogen-bond acceptors (Lipinski definition) is 4. The molecule has 0 aliphatic heterocycles. The van der Waals surface area contributed by atoms with Gasteiger partial charge in [0, 0.05) is 26.1 Å². The highest BCUT2D eigenvalue weighted by Gasteiger charge is 2.26. The van der Waals surface area contributed by atoms with Crippen LogP contribution in [0.25, 0.3) is 0 Å². The minimum absolute atomic E-state index is 0.00826. The molecule has 1 aromatic heterocycles. The fraction of sp³-hybridized carbons (Fsp3) is 0.520. The van der Waals surface area contributed by atoms with E-state index < -0.39 is 0 Å². The van der Waals surface area contributed by atoms with Crippen molar-refractivity contribution < 1.29 is 23.1 Å².